The number of carbonyl (C=O) groups is 1. The summed E-state index contributed by atoms with van der Waals surface area (Å²) in [6, 6.07) is 13.5. The Kier molecular flexibility index (Phi) is 6.76. The standard InChI is InChI=1S/C21H25ClN2O4S/c1-15-11-23(29(27,28)20-9-7-19(22)8-10-20)12-16(2)24(15)13-17-3-5-18(6-4-17)21(26)14-25/h3-10,15-16,25H,11-14H2,1-2H3/t15-,16+. The molecule has 1 heterocycles. The molecule has 2 atom stereocenters. The Hall–Kier alpha value is -1.77. The van der Waals surface area contributed by atoms with E-state index in [2.05, 4.69) is 4.90 Å². The molecule has 1 fully saturated rings. The molecule has 1 aliphatic heterocycles. The van der Waals surface area contributed by atoms with Gasteiger partial charge in [-0.25, -0.2) is 8.42 Å². The molecule has 0 aliphatic carbocycles. The molecule has 1 aliphatic rings. The average Bonchev–Trinajstić information content (AvgIpc) is 2.70. The SMILES string of the molecule is C[C@@H]1CN(S(=O)(=O)c2ccc(Cl)cc2)C[C@H](C)N1Cc1ccc(C(=O)CO)cc1. The van der Waals surface area contributed by atoms with Crippen LogP contribution >= 0.6 is 11.6 Å². The van der Waals surface area contributed by atoms with Gasteiger partial charge in [-0.1, -0.05) is 35.9 Å². The van der Waals surface area contributed by atoms with E-state index in [0.717, 1.165) is 5.56 Å². The molecule has 0 radical (unpaired) electrons. The number of Topliss-reactive ketones (excluding diaryl/α,β-unsaturated/α-hetero) is 1. The molecule has 1 saturated heterocycles. The number of carbonyl (C=O) groups excluding carboxylic acids is 1. The fourth-order valence-electron chi connectivity index (χ4n) is 3.67. The third-order valence-corrected chi connectivity index (χ3v) is 7.40. The Morgan fingerprint density at radius 2 is 1.59 bits per heavy atom. The molecular formula is C21H25ClN2O4S. The third kappa shape index (κ3) is 4.87. The number of rotatable bonds is 6. The normalized spacial score (nSPS) is 21.2. The zero-order chi connectivity index (χ0) is 21.2. The van der Waals surface area contributed by atoms with Crippen LogP contribution in [0.4, 0.5) is 0 Å². The molecule has 6 nitrogen and oxygen atoms in total. The van der Waals surface area contributed by atoms with Crippen LogP contribution in [0.25, 0.3) is 0 Å². The second-order valence-electron chi connectivity index (χ2n) is 7.42. The van der Waals surface area contributed by atoms with Gasteiger partial charge in [-0.15, -0.1) is 0 Å². The van der Waals surface area contributed by atoms with Crippen molar-refractivity contribution in [2.45, 2.75) is 37.4 Å². The van der Waals surface area contributed by atoms with Gasteiger partial charge < -0.3 is 5.11 Å². The van der Waals surface area contributed by atoms with Crippen LogP contribution in [0, 0.1) is 0 Å². The van der Waals surface area contributed by atoms with Gasteiger partial charge in [0.15, 0.2) is 5.78 Å². The zero-order valence-electron chi connectivity index (χ0n) is 16.5. The second-order valence-corrected chi connectivity index (χ2v) is 9.80. The Labute approximate surface area is 176 Å². The second kappa shape index (κ2) is 8.93. The quantitative estimate of drug-likeness (QED) is 0.704. The lowest BCUT2D eigenvalue weighted by atomic mass is 10.1. The van der Waals surface area contributed by atoms with Crippen molar-refractivity contribution in [2.24, 2.45) is 0 Å². The Balaban J connectivity index is 1.71. The number of aliphatic hydroxyl groups excluding tert-OH is 1. The molecular weight excluding hydrogens is 412 g/mol. The summed E-state index contributed by atoms with van der Waals surface area (Å²) in [6.45, 7) is 4.99. The van der Waals surface area contributed by atoms with E-state index in [1.807, 2.05) is 26.0 Å². The summed E-state index contributed by atoms with van der Waals surface area (Å²) in [5, 5.41) is 9.46. The van der Waals surface area contributed by atoms with Crippen LogP contribution in [0.1, 0.15) is 29.8 Å². The number of hydrogen-bond donors (Lipinski definition) is 1. The summed E-state index contributed by atoms with van der Waals surface area (Å²) in [6.07, 6.45) is 0. The molecule has 29 heavy (non-hydrogen) atoms. The Morgan fingerprint density at radius 1 is 1.03 bits per heavy atom. The van der Waals surface area contributed by atoms with Crippen molar-refractivity contribution in [3.05, 3.63) is 64.7 Å². The predicted octanol–water partition coefficient (Wildman–Crippen LogP) is 2.80. The number of hydrogen-bond acceptors (Lipinski definition) is 5. The maximum Gasteiger partial charge on any atom is 0.243 e. The van der Waals surface area contributed by atoms with Gasteiger partial charge in [0, 0.05) is 42.3 Å². The van der Waals surface area contributed by atoms with Crippen molar-refractivity contribution in [1.82, 2.24) is 9.21 Å². The highest BCUT2D eigenvalue weighted by Gasteiger charge is 2.36. The van der Waals surface area contributed by atoms with E-state index in [1.165, 1.54) is 16.4 Å². The van der Waals surface area contributed by atoms with Crippen LogP contribution in [-0.2, 0) is 16.6 Å². The van der Waals surface area contributed by atoms with E-state index in [1.54, 1.807) is 24.3 Å². The molecule has 3 rings (SSSR count). The summed E-state index contributed by atoms with van der Waals surface area (Å²) >= 11 is 5.88. The Morgan fingerprint density at radius 3 is 2.10 bits per heavy atom. The van der Waals surface area contributed by atoms with Gasteiger partial charge in [-0.2, -0.15) is 4.31 Å². The first-order valence-corrected chi connectivity index (χ1v) is 11.3. The highest BCUT2D eigenvalue weighted by molar-refractivity contribution is 7.89. The molecule has 0 aromatic heterocycles. The summed E-state index contributed by atoms with van der Waals surface area (Å²) in [4.78, 5) is 14.1. The number of aliphatic hydroxyl groups is 1. The number of ketones is 1. The van der Waals surface area contributed by atoms with Crippen molar-refractivity contribution < 1.29 is 18.3 Å². The average molecular weight is 437 g/mol. The molecule has 8 heteroatoms. The lowest BCUT2D eigenvalue weighted by Gasteiger charge is -2.43. The minimum absolute atomic E-state index is 0.0274. The first-order valence-electron chi connectivity index (χ1n) is 9.47. The van der Waals surface area contributed by atoms with Crippen molar-refractivity contribution in [3.63, 3.8) is 0 Å². The molecule has 2 aromatic carbocycles. The number of nitrogens with zero attached hydrogens (tertiary/aromatic N) is 2. The molecule has 0 unspecified atom stereocenters. The fraction of sp³-hybridized carbons (Fsp3) is 0.381. The van der Waals surface area contributed by atoms with Gasteiger partial charge in [-0.05, 0) is 43.7 Å². The smallest absolute Gasteiger partial charge is 0.243 e. The van der Waals surface area contributed by atoms with E-state index >= 15 is 0 Å². The van der Waals surface area contributed by atoms with Crippen LogP contribution in [-0.4, -0.2) is 60.3 Å². The monoisotopic (exact) mass is 436 g/mol. The van der Waals surface area contributed by atoms with Crippen LogP contribution in [0.2, 0.25) is 5.02 Å². The largest absolute Gasteiger partial charge is 0.388 e. The van der Waals surface area contributed by atoms with Gasteiger partial charge in [0.1, 0.15) is 6.61 Å². The van der Waals surface area contributed by atoms with Crippen LogP contribution in [0.3, 0.4) is 0 Å². The Bertz CT molecular complexity index is 949. The summed E-state index contributed by atoms with van der Waals surface area (Å²) in [5.74, 6) is -0.306. The van der Waals surface area contributed by atoms with E-state index < -0.39 is 16.6 Å². The zero-order valence-corrected chi connectivity index (χ0v) is 18.0. The fourth-order valence-corrected chi connectivity index (χ4v) is 5.40. The summed E-state index contributed by atoms with van der Waals surface area (Å²) in [5.41, 5.74) is 1.52. The first kappa shape index (κ1) is 21.9. The number of sulfonamides is 1. The number of halogens is 1. The van der Waals surface area contributed by atoms with E-state index in [-0.39, 0.29) is 22.8 Å². The van der Waals surface area contributed by atoms with Gasteiger partial charge in [0.05, 0.1) is 4.90 Å². The van der Waals surface area contributed by atoms with Crippen molar-refractivity contribution in [3.8, 4) is 0 Å². The number of benzene rings is 2. The maximum atomic E-state index is 13.0. The molecule has 0 amide bonds. The molecule has 0 bridgehead atoms. The van der Waals surface area contributed by atoms with Crippen molar-refractivity contribution in [2.75, 3.05) is 19.7 Å². The van der Waals surface area contributed by atoms with Crippen LogP contribution < -0.4 is 0 Å². The van der Waals surface area contributed by atoms with Gasteiger partial charge >= 0.3 is 0 Å². The first-order chi connectivity index (χ1) is 13.7. The molecule has 1 N–H and O–H groups in total. The molecule has 156 valence electrons. The van der Waals surface area contributed by atoms with Gasteiger partial charge in [0.2, 0.25) is 10.0 Å². The topological polar surface area (TPSA) is 77.9 Å². The number of piperazine rings is 1. The minimum Gasteiger partial charge on any atom is -0.388 e. The lowest BCUT2D eigenvalue weighted by Crippen LogP contribution is -2.57. The predicted molar refractivity (Wildman–Crippen MR) is 113 cm³/mol. The lowest BCUT2D eigenvalue weighted by molar-refractivity contribution is 0.0698. The van der Waals surface area contributed by atoms with Crippen molar-refractivity contribution >= 4 is 27.4 Å². The highest BCUT2D eigenvalue weighted by atomic mass is 35.5. The van der Waals surface area contributed by atoms with Gasteiger partial charge in [0.25, 0.3) is 0 Å². The molecule has 0 spiro atoms. The van der Waals surface area contributed by atoms with E-state index in [9.17, 15) is 13.2 Å². The minimum atomic E-state index is -3.57. The summed E-state index contributed by atoms with van der Waals surface area (Å²) in [7, 11) is -3.57. The third-order valence-electron chi connectivity index (χ3n) is 5.30. The highest BCUT2D eigenvalue weighted by Crippen LogP contribution is 2.25. The van der Waals surface area contributed by atoms with E-state index in [0.29, 0.717) is 30.2 Å². The molecule has 0 saturated carbocycles. The van der Waals surface area contributed by atoms with E-state index in [4.69, 9.17) is 16.7 Å². The maximum absolute atomic E-state index is 13.0. The molecule has 2 aromatic rings. The van der Waals surface area contributed by atoms with Crippen LogP contribution in [0.5, 0.6) is 0 Å². The summed E-state index contributed by atoms with van der Waals surface area (Å²) < 4.78 is 27.5. The van der Waals surface area contributed by atoms with Crippen LogP contribution in [0.15, 0.2) is 53.4 Å². The van der Waals surface area contributed by atoms with Crippen molar-refractivity contribution in [1.29, 1.82) is 0 Å². The van der Waals surface area contributed by atoms with Gasteiger partial charge in [-0.3, -0.25) is 9.69 Å².